The summed E-state index contributed by atoms with van der Waals surface area (Å²) in [5, 5.41) is 3.28. The van der Waals surface area contributed by atoms with Crippen molar-refractivity contribution in [2.45, 2.75) is 31.3 Å². The molecule has 2 heterocycles. The van der Waals surface area contributed by atoms with Gasteiger partial charge in [-0.3, -0.25) is 10.1 Å². The van der Waals surface area contributed by atoms with Crippen molar-refractivity contribution in [3.05, 3.63) is 29.8 Å². The molecule has 5 heteroatoms. The topological polar surface area (TPSA) is 41.6 Å². The second-order valence-corrected chi connectivity index (χ2v) is 6.85. The molecule has 1 aromatic carbocycles. The lowest BCUT2D eigenvalue weighted by molar-refractivity contribution is -0.133. The number of carbonyl (C=O) groups is 1. The van der Waals surface area contributed by atoms with Crippen molar-refractivity contribution in [3.8, 4) is 5.75 Å². The standard InChI is InChI=1S/C16H22N2O2S/c1-11-7-13(12-3-5-14(20-2)6-4-12)8-18(11)16(19)15-9-21-10-17-15/h3-6,11,13,15,17H,7-10H2,1-2H3/t11-,13+,15+/m0/s1. The van der Waals surface area contributed by atoms with Crippen LogP contribution in [0.4, 0.5) is 0 Å². The molecule has 2 aliphatic rings. The van der Waals surface area contributed by atoms with Gasteiger partial charge in [-0.05, 0) is 31.0 Å². The van der Waals surface area contributed by atoms with Crippen LogP contribution in [0, 0.1) is 0 Å². The maximum atomic E-state index is 12.6. The van der Waals surface area contributed by atoms with E-state index in [1.165, 1.54) is 5.56 Å². The van der Waals surface area contributed by atoms with Gasteiger partial charge in [0.05, 0.1) is 13.2 Å². The molecule has 1 N–H and O–H groups in total. The lowest BCUT2D eigenvalue weighted by Crippen LogP contribution is -2.46. The number of ether oxygens (including phenoxy) is 1. The average Bonchev–Trinajstić information content (AvgIpc) is 3.16. The normalized spacial score (nSPS) is 28.9. The van der Waals surface area contributed by atoms with Crippen molar-refractivity contribution in [1.29, 1.82) is 0 Å². The summed E-state index contributed by atoms with van der Waals surface area (Å²) in [6.07, 6.45) is 1.04. The van der Waals surface area contributed by atoms with E-state index >= 15 is 0 Å². The molecule has 0 aliphatic carbocycles. The van der Waals surface area contributed by atoms with Gasteiger partial charge >= 0.3 is 0 Å². The first-order valence-corrected chi connectivity index (χ1v) is 8.60. The van der Waals surface area contributed by atoms with Crippen LogP contribution in [0.15, 0.2) is 24.3 Å². The van der Waals surface area contributed by atoms with Crippen molar-refractivity contribution in [3.63, 3.8) is 0 Å². The Balaban J connectivity index is 1.68. The number of thioether (sulfide) groups is 1. The van der Waals surface area contributed by atoms with Crippen molar-refractivity contribution in [2.75, 3.05) is 25.3 Å². The molecule has 21 heavy (non-hydrogen) atoms. The monoisotopic (exact) mass is 306 g/mol. The fourth-order valence-corrected chi connectivity index (χ4v) is 4.14. The molecule has 2 fully saturated rings. The van der Waals surface area contributed by atoms with E-state index in [2.05, 4.69) is 29.3 Å². The lowest BCUT2D eigenvalue weighted by atomic mass is 9.97. The smallest absolute Gasteiger partial charge is 0.240 e. The van der Waals surface area contributed by atoms with Crippen molar-refractivity contribution >= 4 is 17.7 Å². The molecule has 3 atom stereocenters. The summed E-state index contributed by atoms with van der Waals surface area (Å²) in [6, 6.07) is 8.56. The van der Waals surface area contributed by atoms with E-state index in [0.717, 1.165) is 30.3 Å². The maximum Gasteiger partial charge on any atom is 0.240 e. The molecule has 1 aromatic rings. The number of hydrogen-bond donors (Lipinski definition) is 1. The molecule has 114 valence electrons. The molecule has 0 spiro atoms. The largest absolute Gasteiger partial charge is 0.497 e. The molecule has 4 nitrogen and oxygen atoms in total. The first-order chi connectivity index (χ1) is 10.2. The summed E-state index contributed by atoms with van der Waals surface area (Å²) < 4.78 is 5.20. The molecule has 2 aliphatic heterocycles. The van der Waals surface area contributed by atoms with Gasteiger partial charge in [-0.1, -0.05) is 12.1 Å². The molecule has 0 unspecified atom stereocenters. The molecule has 3 rings (SSSR count). The SMILES string of the molecule is COc1ccc([C@@H]2C[C@H](C)N(C(=O)[C@H]3CSCN3)C2)cc1. The minimum absolute atomic E-state index is 0.00654. The minimum atomic E-state index is 0.00654. The zero-order valence-electron chi connectivity index (χ0n) is 12.5. The number of nitrogens with one attached hydrogen (secondary N) is 1. The molecular formula is C16H22N2O2S. The lowest BCUT2D eigenvalue weighted by Gasteiger charge is -2.24. The van der Waals surface area contributed by atoms with Crippen LogP contribution >= 0.6 is 11.8 Å². The zero-order chi connectivity index (χ0) is 14.8. The molecule has 0 radical (unpaired) electrons. The summed E-state index contributed by atoms with van der Waals surface area (Å²) in [4.78, 5) is 14.6. The van der Waals surface area contributed by atoms with Gasteiger partial charge in [0.2, 0.25) is 5.91 Å². The van der Waals surface area contributed by atoms with Crippen LogP contribution in [0.5, 0.6) is 5.75 Å². The van der Waals surface area contributed by atoms with Gasteiger partial charge < -0.3 is 9.64 Å². The van der Waals surface area contributed by atoms with Gasteiger partial charge in [-0.2, -0.15) is 0 Å². The van der Waals surface area contributed by atoms with Gasteiger partial charge in [0.1, 0.15) is 5.75 Å². The molecule has 0 bridgehead atoms. The number of benzene rings is 1. The Bertz CT molecular complexity index is 500. The molecule has 0 aromatic heterocycles. The van der Waals surface area contributed by atoms with E-state index in [4.69, 9.17) is 4.74 Å². The first kappa shape index (κ1) is 14.7. The number of likely N-dealkylation sites (tertiary alicyclic amines) is 1. The highest BCUT2D eigenvalue weighted by atomic mass is 32.2. The Labute approximate surface area is 130 Å². The quantitative estimate of drug-likeness (QED) is 0.928. The molecule has 0 saturated carbocycles. The maximum absolute atomic E-state index is 12.6. The Morgan fingerprint density at radius 1 is 1.38 bits per heavy atom. The van der Waals surface area contributed by atoms with Gasteiger partial charge in [0.25, 0.3) is 0 Å². The van der Waals surface area contributed by atoms with Crippen molar-refractivity contribution in [2.24, 2.45) is 0 Å². The second kappa shape index (κ2) is 6.28. The third kappa shape index (κ3) is 3.04. The zero-order valence-corrected chi connectivity index (χ0v) is 13.4. The number of rotatable bonds is 3. The summed E-state index contributed by atoms with van der Waals surface area (Å²) in [5.41, 5.74) is 1.30. The summed E-state index contributed by atoms with van der Waals surface area (Å²) in [5.74, 6) is 3.37. The number of carbonyl (C=O) groups excluding carboxylic acids is 1. The van der Waals surface area contributed by atoms with Gasteiger partial charge in [0, 0.05) is 30.1 Å². The third-order valence-corrected chi connectivity index (χ3v) is 5.40. The predicted octanol–water partition coefficient (Wildman–Crippen LogP) is 2.06. The number of methoxy groups -OCH3 is 1. The van der Waals surface area contributed by atoms with E-state index in [0.29, 0.717) is 12.0 Å². The van der Waals surface area contributed by atoms with Crippen LogP contribution < -0.4 is 10.1 Å². The van der Waals surface area contributed by atoms with Gasteiger partial charge in [-0.25, -0.2) is 0 Å². The van der Waals surface area contributed by atoms with Crippen LogP contribution in [0.3, 0.4) is 0 Å². The molecule has 1 amide bonds. The van der Waals surface area contributed by atoms with Gasteiger partial charge in [-0.15, -0.1) is 11.8 Å². The summed E-state index contributed by atoms with van der Waals surface area (Å²) >= 11 is 1.80. The Kier molecular flexibility index (Phi) is 4.40. The van der Waals surface area contributed by atoms with E-state index in [1.54, 1.807) is 18.9 Å². The first-order valence-electron chi connectivity index (χ1n) is 7.44. The van der Waals surface area contributed by atoms with E-state index in [9.17, 15) is 4.79 Å². The van der Waals surface area contributed by atoms with E-state index in [1.807, 2.05) is 12.1 Å². The van der Waals surface area contributed by atoms with Gasteiger partial charge in [0.15, 0.2) is 0 Å². The number of hydrogen-bond acceptors (Lipinski definition) is 4. The predicted molar refractivity (Wildman–Crippen MR) is 85.8 cm³/mol. The average molecular weight is 306 g/mol. The van der Waals surface area contributed by atoms with Crippen LogP contribution in [-0.2, 0) is 4.79 Å². The number of nitrogens with zero attached hydrogens (tertiary/aromatic N) is 1. The Morgan fingerprint density at radius 2 is 2.14 bits per heavy atom. The Hall–Kier alpha value is -1.20. The van der Waals surface area contributed by atoms with E-state index < -0.39 is 0 Å². The molecule has 2 saturated heterocycles. The summed E-state index contributed by atoms with van der Waals surface area (Å²) in [7, 11) is 1.68. The van der Waals surface area contributed by atoms with Crippen molar-refractivity contribution < 1.29 is 9.53 Å². The fourth-order valence-electron chi connectivity index (χ4n) is 3.21. The van der Waals surface area contributed by atoms with Crippen LogP contribution in [0.2, 0.25) is 0 Å². The van der Waals surface area contributed by atoms with Crippen LogP contribution in [0.1, 0.15) is 24.8 Å². The highest BCUT2D eigenvalue weighted by Gasteiger charge is 2.37. The highest BCUT2D eigenvalue weighted by molar-refractivity contribution is 7.99. The Morgan fingerprint density at radius 3 is 2.76 bits per heavy atom. The second-order valence-electron chi connectivity index (χ2n) is 5.82. The van der Waals surface area contributed by atoms with Crippen LogP contribution in [0.25, 0.3) is 0 Å². The minimum Gasteiger partial charge on any atom is -0.497 e. The van der Waals surface area contributed by atoms with Crippen molar-refractivity contribution in [1.82, 2.24) is 10.2 Å². The fraction of sp³-hybridized carbons (Fsp3) is 0.562. The third-order valence-electron chi connectivity index (χ3n) is 4.46. The van der Waals surface area contributed by atoms with E-state index in [-0.39, 0.29) is 11.9 Å². The highest BCUT2D eigenvalue weighted by Crippen LogP contribution is 2.33. The van der Waals surface area contributed by atoms with Crippen LogP contribution in [-0.4, -0.2) is 48.2 Å². The number of amides is 1. The molecular weight excluding hydrogens is 284 g/mol. The summed E-state index contributed by atoms with van der Waals surface area (Å²) in [6.45, 7) is 2.98.